The van der Waals surface area contributed by atoms with Gasteiger partial charge in [0.15, 0.2) is 0 Å². The lowest BCUT2D eigenvalue weighted by molar-refractivity contribution is 0.0423. The van der Waals surface area contributed by atoms with Crippen LogP contribution in [0.4, 0.5) is 0 Å². The van der Waals surface area contributed by atoms with Crippen molar-refractivity contribution >= 4 is 23.5 Å². The molecule has 3 nitrogen and oxygen atoms in total. The second kappa shape index (κ2) is 7.07. The van der Waals surface area contributed by atoms with Crippen LogP contribution in [0.25, 0.3) is 10.9 Å². The molecule has 0 aliphatic carbocycles. The molecule has 130 valence electrons. The Morgan fingerprint density at radius 2 is 1.72 bits per heavy atom. The summed E-state index contributed by atoms with van der Waals surface area (Å²) in [6, 6.07) is 18.5. The van der Waals surface area contributed by atoms with Crippen LogP contribution < -0.4 is 5.46 Å². The Kier molecular flexibility index (Phi) is 5.02. The Bertz CT molecular complexity index is 836. The minimum Gasteiger partial charge on any atom is -0.423 e. The third-order valence-electron chi connectivity index (χ3n) is 5.10. The zero-order valence-corrected chi connectivity index (χ0v) is 15.4. The van der Waals surface area contributed by atoms with Crippen LogP contribution in [0.15, 0.2) is 60.8 Å². The molecule has 1 aromatic heterocycles. The van der Waals surface area contributed by atoms with Crippen molar-refractivity contribution in [1.29, 1.82) is 0 Å². The third-order valence-corrected chi connectivity index (χ3v) is 5.10. The highest BCUT2D eigenvalue weighted by Crippen LogP contribution is 2.21. The number of aromatic nitrogens is 1. The molecular weight excluding hydrogens is 309 g/mol. The zero-order valence-electron chi connectivity index (χ0n) is 15.4. The Hall–Kier alpha value is -2.04. The normalized spacial score (nSPS) is 12.1. The maximum atomic E-state index is 10.4. The van der Waals surface area contributed by atoms with Gasteiger partial charge in [-0.15, -0.1) is 0 Å². The van der Waals surface area contributed by atoms with Gasteiger partial charge in [-0.25, -0.2) is 0 Å². The fourth-order valence-corrected chi connectivity index (χ4v) is 2.75. The highest BCUT2D eigenvalue weighted by atomic mass is 16.5. The Labute approximate surface area is 150 Å². The van der Waals surface area contributed by atoms with E-state index in [1.165, 1.54) is 16.5 Å². The van der Waals surface area contributed by atoms with Gasteiger partial charge in [-0.1, -0.05) is 56.3 Å². The second-order valence-electron chi connectivity index (χ2n) is 7.47. The molecule has 0 amide bonds. The number of benzene rings is 2. The Morgan fingerprint density at radius 3 is 2.40 bits per heavy atom. The number of fused-ring (bicyclic) bond motifs is 1. The third kappa shape index (κ3) is 3.97. The van der Waals surface area contributed by atoms with E-state index in [-0.39, 0.29) is 5.60 Å². The molecule has 0 unspecified atom stereocenters. The number of hydrogen-bond donors (Lipinski definition) is 1. The van der Waals surface area contributed by atoms with Crippen molar-refractivity contribution in [1.82, 2.24) is 4.57 Å². The first-order valence-corrected chi connectivity index (χ1v) is 8.85. The maximum absolute atomic E-state index is 10.4. The number of rotatable bonds is 6. The lowest BCUT2D eigenvalue weighted by atomic mass is 9.77. The fraction of sp³-hybridized carbons (Fsp3) is 0.333. The van der Waals surface area contributed by atoms with Gasteiger partial charge in [0, 0.05) is 18.3 Å². The van der Waals surface area contributed by atoms with Gasteiger partial charge in [-0.05, 0) is 48.3 Å². The second-order valence-corrected chi connectivity index (χ2v) is 7.47. The lowest BCUT2D eigenvalue weighted by Crippen LogP contribution is -2.44. The smallest absolute Gasteiger partial charge is 0.423 e. The van der Waals surface area contributed by atoms with Crippen molar-refractivity contribution in [2.75, 3.05) is 0 Å². The van der Waals surface area contributed by atoms with Gasteiger partial charge in [-0.3, -0.25) is 0 Å². The molecule has 25 heavy (non-hydrogen) atoms. The topological polar surface area (TPSA) is 34.4 Å². The molecule has 0 saturated carbocycles. The first-order chi connectivity index (χ1) is 11.9. The van der Waals surface area contributed by atoms with Crippen molar-refractivity contribution in [2.45, 2.75) is 39.8 Å². The largest absolute Gasteiger partial charge is 0.491 e. The first kappa shape index (κ1) is 17.8. The highest BCUT2D eigenvalue weighted by molar-refractivity contribution is 6.60. The predicted molar refractivity (Wildman–Crippen MR) is 105 cm³/mol. The van der Waals surface area contributed by atoms with Gasteiger partial charge in [-0.2, -0.15) is 0 Å². The van der Waals surface area contributed by atoms with Crippen LogP contribution >= 0.6 is 0 Å². The van der Waals surface area contributed by atoms with Gasteiger partial charge in [0.2, 0.25) is 0 Å². The van der Waals surface area contributed by atoms with Crippen molar-refractivity contribution in [3.63, 3.8) is 0 Å². The van der Waals surface area contributed by atoms with E-state index >= 15 is 0 Å². The molecule has 2 aromatic carbocycles. The molecule has 3 aromatic rings. The molecule has 0 fully saturated rings. The van der Waals surface area contributed by atoms with E-state index in [0.717, 1.165) is 12.0 Å². The average Bonchev–Trinajstić information content (AvgIpc) is 2.98. The molecule has 0 bridgehead atoms. The molecule has 0 atom stereocenters. The lowest BCUT2D eigenvalue weighted by Gasteiger charge is -2.31. The maximum Gasteiger partial charge on any atom is 0.491 e. The van der Waals surface area contributed by atoms with Crippen molar-refractivity contribution < 1.29 is 9.68 Å². The van der Waals surface area contributed by atoms with E-state index in [4.69, 9.17) is 4.65 Å². The number of para-hydroxylation sites is 1. The summed E-state index contributed by atoms with van der Waals surface area (Å²) < 4.78 is 8.07. The molecular formula is C21H26BNO2. The summed E-state index contributed by atoms with van der Waals surface area (Å²) in [6.45, 7) is 9.01. The molecule has 0 aliphatic heterocycles. The monoisotopic (exact) mass is 335 g/mol. The summed E-state index contributed by atoms with van der Waals surface area (Å²) >= 11 is 0. The first-order valence-electron chi connectivity index (χ1n) is 8.85. The summed E-state index contributed by atoms with van der Waals surface area (Å²) in [5.74, 6) is 0.323. The van der Waals surface area contributed by atoms with E-state index in [2.05, 4.69) is 67.1 Å². The molecule has 3 rings (SSSR count). The molecule has 0 saturated heterocycles. The summed E-state index contributed by atoms with van der Waals surface area (Å²) in [6.07, 6.45) is 2.11. The van der Waals surface area contributed by atoms with E-state index < -0.39 is 7.12 Å². The van der Waals surface area contributed by atoms with Gasteiger partial charge < -0.3 is 14.2 Å². The fourth-order valence-electron chi connectivity index (χ4n) is 2.75. The van der Waals surface area contributed by atoms with Crippen LogP contribution in [0.3, 0.4) is 0 Å². The number of hydrogen-bond acceptors (Lipinski definition) is 2. The van der Waals surface area contributed by atoms with E-state index in [9.17, 15) is 5.02 Å². The number of nitrogens with zero attached hydrogens (tertiary/aromatic N) is 1. The van der Waals surface area contributed by atoms with Crippen LogP contribution in [0, 0.1) is 5.92 Å². The molecule has 1 heterocycles. The van der Waals surface area contributed by atoms with Crippen LogP contribution in [-0.4, -0.2) is 22.3 Å². The summed E-state index contributed by atoms with van der Waals surface area (Å²) in [5.41, 5.74) is 2.84. The minimum absolute atomic E-state index is 0.323. The van der Waals surface area contributed by atoms with Gasteiger partial charge in [0.05, 0.1) is 5.60 Å². The zero-order chi connectivity index (χ0) is 18.0. The Morgan fingerprint density at radius 1 is 1.04 bits per heavy atom. The SMILES string of the molecule is CC(C)C(C)(C)OB(O)c1ccc(Cn2ccc3ccccc32)cc1. The van der Waals surface area contributed by atoms with Crippen molar-refractivity contribution in [3.8, 4) is 0 Å². The quantitative estimate of drug-likeness (QED) is 0.695. The Balaban J connectivity index is 1.72. The van der Waals surface area contributed by atoms with E-state index in [1.807, 2.05) is 26.0 Å². The van der Waals surface area contributed by atoms with Crippen LogP contribution in [0.5, 0.6) is 0 Å². The van der Waals surface area contributed by atoms with Crippen LogP contribution in [0.1, 0.15) is 33.3 Å². The van der Waals surface area contributed by atoms with E-state index in [0.29, 0.717) is 5.92 Å². The molecule has 0 aliphatic rings. The molecule has 4 heteroatoms. The van der Waals surface area contributed by atoms with Crippen LogP contribution in [0.2, 0.25) is 0 Å². The van der Waals surface area contributed by atoms with Crippen molar-refractivity contribution in [3.05, 3.63) is 66.4 Å². The summed E-state index contributed by atoms with van der Waals surface area (Å²) in [7, 11) is -0.904. The van der Waals surface area contributed by atoms with Crippen LogP contribution in [-0.2, 0) is 11.2 Å². The average molecular weight is 335 g/mol. The van der Waals surface area contributed by atoms with Crippen molar-refractivity contribution in [2.24, 2.45) is 5.92 Å². The van der Waals surface area contributed by atoms with Gasteiger partial charge in [0.25, 0.3) is 0 Å². The highest BCUT2D eigenvalue weighted by Gasteiger charge is 2.30. The molecule has 1 N–H and O–H groups in total. The standard InChI is InChI=1S/C21H26BNO2/c1-16(2)21(3,4)25-22(24)19-11-9-17(10-12-19)15-23-14-13-18-7-5-6-8-20(18)23/h5-14,16,24H,15H2,1-4H3. The van der Waals surface area contributed by atoms with E-state index in [1.54, 1.807) is 0 Å². The van der Waals surface area contributed by atoms with Gasteiger partial charge in [0.1, 0.15) is 0 Å². The molecule has 0 radical (unpaired) electrons. The summed E-state index contributed by atoms with van der Waals surface area (Å²) in [5, 5.41) is 11.6. The van der Waals surface area contributed by atoms with Gasteiger partial charge >= 0.3 is 7.12 Å². The molecule has 0 spiro atoms. The predicted octanol–water partition coefficient (Wildman–Crippen LogP) is 3.83. The summed E-state index contributed by atoms with van der Waals surface area (Å²) in [4.78, 5) is 0. The minimum atomic E-state index is -0.904.